The molecule has 2 nitrogen and oxygen atoms in total. The Balaban J connectivity index is 1.99. The van der Waals surface area contributed by atoms with Gasteiger partial charge in [-0.3, -0.25) is 9.69 Å². The van der Waals surface area contributed by atoms with E-state index in [1.54, 1.807) is 0 Å². The van der Waals surface area contributed by atoms with E-state index in [0.29, 0.717) is 18.2 Å². The molecule has 1 heterocycles. The van der Waals surface area contributed by atoms with Gasteiger partial charge in [-0.05, 0) is 45.1 Å². The van der Waals surface area contributed by atoms with Gasteiger partial charge < -0.3 is 0 Å². The first kappa shape index (κ1) is 12.1. The number of hydrogen-bond acceptors (Lipinski definition) is 2. The minimum absolute atomic E-state index is 0.165. The van der Waals surface area contributed by atoms with Crippen molar-refractivity contribution in [2.45, 2.75) is 70.9 Å². The molecule has 1 aliphatic heterocycles. The highest BCUT2D eigenvalue weighted by atomic mass is 16.1. The van der Waals surface area contributed by atoms with E-state index in [0.717, 1.165) is 12.5 Å². The lowest BCUT2D eigenvalue weighted by Crippen LogP contribution is -2.44. The zero-order valence-electron chi connectivity index (χ0n) is 10.7. The molecule has 1 saturated carbocycles. The van der Waals surface area contributed by atoms with Crippen molar-refractivity contribution >= 4 is 5.78 Å². The van der Waals surface area contributed by atoms with Gasteiger partial charge in [-0.15, -0.1) is 0 Å². The molecule has 16 heavy (non-hydrogen) atoms. The Bertz CT molecular complexity index is 245. The summed E-state index contributed by atoms with van der Waals surface area (Å²) in [5.74, 6) is 1.31. The number of carbonyl (C=O) groups is 1. The smallest absolute Gasteiger partial charge is 0.149 e. The summed E-state index contributed by atoms with van der Waals surface area (Å²) in [5, 5.41) is 0. The third kappa shape index (κ3) is 2.32. The molecule has 0 radical (unpaired) electrons. The number of likely N-dealkylation sites (tertiary alicyclic amines) is 1. The molecule has 0 aromatic carbocycles. The maximum Gasteiger partial charge on any atom is 0.149 e. The monoisotopic (exact) mass is 223 g/mol. The van der Waals surface area contributed by atoms with Crippen molar-refractivity contribution in [1.29, 1.82) is 0 Å². The maximum atomic E-state index is 11.8. The highest BCUT2D eigenvalue weighted by Crippen LogP contribution is 2.36. The Morgan fingerprint density at radius 2 is 1.94 bits per heavy atom. The van der Waals surface area contributed by atoms with Gasteiger partial charge in [0.25, 0.3) is 0 Å². The molecule has 2 aliphatic rings. The van der Waals surface area contributed by atoms with Crippen molar-refractivity contribution in [2.75, 3.05) is 6.54 Å². The van der Waals surface area contributed by atoms with Crippen LogP contribution in [-0.2, 0) is 4.79 Å². The van der Waals surface area contributed by atoms with E-state index in [-0.39, 0.29) is 6.04 Å². The lowest BCUT2D eigenvalue weighted by molar-refractivity contribution is -0.124. The van der Waals surface area contributed by atoms with Crippen molar-refractivity contribution in [3.05, 3.63) is 0 Å². The van der Waals surface area contributed by atoms with E-state index in [1.165, 1.54) is 38.5 Å². The second-order valence-electron chi connectivity index (χ2n) is 5.49. The van der Waals surface area contributed by atoms with E-state index in [9.17, 15) is 4.79 Å². The van der Waals surface area contributed by atoms with Crippen LogP contribution in [0, 0.1) is 5.92 Å². The fourth-order valence-corrected chi connectivity index (χ4v) is 3.62. The van der Waals surface area contributed by atoms with Gasteiger partial charge >= 0.3 is 0 Å². The predicted molar refractivity (Wildman–Crippen MR) is 66.4 cm³/mol. The van der Waals surface area contributed by atoms with Gasteiger partial charge in [0.2, 0.25) is 0 Å². The minimum atomic E-state index is 0.165. The fraction of sp³-hybridized carbons (Fsp3) is 0.929. The van der Waals surface area contributed by atoms with E-state index in [2.05, 4.69) is 11.8 Å². The molecule has 0 bridgehead atoms. The lowest BCUT2D eigenvalue weighted by atomic mass is 9.94. The number of rotatable bonds is 4. The molecule has 2 heteroatoms. The Kier molecular flexibility index (Phi) is 4.01. The van der Waals surface area contributed by atoms with Crippen LogP contribution >= 0.6 is 0 Å². The van der Waals surface area contributed by atoms with Gasteiger partial charge in [0.1, 0.15) is 5.78 Å². The third-order valence-corrected chi connectivity index (χ3v) is 4.60. The molecule has 0 aromatic rings. The van der Waals surface area contributed by atoms with Crippen LogP contribution in [0.4, 0.5) is 0 Å². The van der Waals surface area contributed by atoms with Crippen molar-refractivity contribution in [1.82, 2.24) is 4.90 Å². The van der Waals surface area contributed by atoms with Crippen LogP contribution in [0.3, 0.4) is 0 Å². The molecule has 2 unspecified atom stereocenters. The first-order valence-corrected chi connectivity index (χ1v) is 7.02. The number of hydrogen-bond donors (Lipinski definition) is 0. The van der Waals surface area contributed by atoms with Crippen LogP contribution in [-0.4, -0.2) is 29.3 Å². The molecule has 0 N–H and O–H groups in total. The Labute approximate surface area is 99.4 Å². The second kappa shape index (κ2) is 5.31. The first-order valence-electron chi connectivity index (χ1n) is 7.02. The van der Waals surface area contributed by atoms with E-state index in [4.69, 9.17) is 0 Å². The summed E-state index contributed by atoms with van der Waals surface area (Å²) in [6.07, 6.45) is 8.92. The molecule has 0 spiro atoms. The zero-order valence-corrected chi connectivity index (χ0v) is 10.7. The predicted octanol–water partition coefficient (Wildman–Crippen LogP) is 3.01. The first-order chi connectivity index (χ1) is 7.74. The van der Waals surface area contributed by atoms with Crippen LogP contribution in [0.25, 0.3) is 0 Å². The number of ketones is 1. The molecule has 0 amide bonds. The average Bonchev–Trinajstić information content (AvgIpc) is 2.95. The van der Waals surface area contributed by atoms with E-state index in [1.807, 2.05) is 6.92 Å². The Hall–Kier alpha value is -0.370. The van der Waals surface area contributed by atoms with Gasteiger partial charge in [0.15, 0.2) is 0 Å². The summed E-state index contributed by atoms with van der Waals surface area (Å²) < 4.78 is 0. The van der Waals surface area contributed by atoms with Crippen LogP contribution in [0.15, 0.2) is 0 Å². The molecule has 0 aromatic heterocycles. The molecular weight excluding hydrogens is 198 g/mol. The topological polar surface area (TPSA) is 20.3 Å². The normalized spacial score (nSPS) is 29.8. The van der Waals surface area contributed by atoms with Crippen LogP contribution in [0.2, 0.25) is 0 Å². The Morgan fingerprint density at radius 3 is 2.56 bits per heavy atom. The van der Waals surface area contributed by atoms with Crippen molar-refractivity contribution in [2.24, 2.45) is 5.92 Å². The highest BCUT2D eigenvalue weighted by Gasteiger charge is 2.36. The van der Waals surface area contributed by atoms with Crippen LogP contribution < -0.4 is 0 Å². The lowest BCUT2D eigenvalue weighted by Gasteiger charge is -2.33. The molecule has 2 rings (SSSR count). The summed E-state index contributed by atoms with van der Waals surface area (Å²) in [5.41, 5.74) is 0. The number of Topliss-reactive ketones (excluding diaryl/α,β-unsaturated/α-hetero) is 1. The van der Waals surface area contributed by atoms with Gasteiger partial charge in [0, 0.05) is 12.5 Å². The molecule has 1 saturated heterocycles. The maximum absolute atomic E-state index is 11.8. The Morgan fingerprint density at radius 1 is 1.25 bits per heavy atom. The van der Waals surface area contributed by atoms with Crippen LogP contribution in [0.1, 0.15) is 58.8 Å². The molecule has 92 valence electrons. The quantitative estimate of drug-likeness (QED) is 0.730. The van der Waals surface area contributed by atoms with E-state index >= 15 is 0 Å². The van der Waals surface area contributed by atoms with Crippen LogP contribution in [0.5, 0.6) is 0 Å². The third-order valence-electron chi connectivity index (χ3n) is 4.60. The fourth-order valence-electron chi connectivity index (χ4n) is 3.62. The molecule has 1 aliphatic carbocycles. The number of nitrogens with zero attached hydrogens (tertiary/aromatic N) is 1. The average molecular weight is 223 g/mol. The second-order valence-corrected chi connectivity index (χ2v) is 5.49. The van der Waals surface area contributed by atoms with Crippen molar-refractivity contribution in [3.63, 3.8) is 0 Å². The van der Waals surface area contributed by atoms with Gasteiger partial charge in [-0.1, -0.05) is 19.8 Å². The summed E-state index contributed by atoms with van der Waals surface area (Å²) in [7, 11) is 0. The van der Waals surface area contributed by atoms with Gasteiger partial charge in [0.05, 0.1) is 6.04 Å². The molecule has 2 atom stereocenters. The largest absolute Gasteiger partial charge is 0.298 e. The summed E-state index contributed by atoms with van der Waals surface area (Å²) in [6, 6.07) is 0.881. The van der Waals surface area contributed by atoms with Crippen molar-refractivity contribution < 1.29 is 4.79 Å². The summed E-state index contributed by atoms with van der Waals surface area (Å²) in [6.45, 7) is 5.24. The van der Waals surface area contributed by atoms with Crippen molar-refractivity contribution in [3.8, 4) is 0 Å². The summed E-state index contributed by atoms with van der Waals surface area (Å²) >= 11 is 0. The summed E-state index contributed by atoms with van der Waals surface area (Å²) in [4.78, 5) is 14.3. The SMILES string of the molecule is CCC(=O)C(C)N1CCCC1C1CCCC1. The standard InChI is InChI=1S/C14H25NO/c1-3-14(16)11(2)15-10-6-9-13(15)12-7-4-5-8-12/h11-13H,3-10H2,1-2H3. The minimum Gasteiger partial charge on any atom is -0.298 e. The van der Waals surface area contributed by atoms with Gasteiger partial charge in [-0.2, -0.15) is 0 Å². The highest BCUT2D eigenvalue weighted by molar-refractivity contribution is 5.83. The van der Waals surface area contributed by atoms with Gasteiger partial charge in [-0.25, -0.2) is 0 Å². The number of carbonyl (C=O) groups excluding carboxylic acids is 1. The van der Waals surface area contributed by atoms with E-state index < -0.39 is 0 Å². The zero-order chi connectivity index (χ0) is 11.5. The molecule has 2 fully saturated rings. The molecular formula is C14H25NO.